The fourth-order valence-corrected chi connectivity index (χ4v) is 3.55. The van der Waals surface area contributed by atoms with Crippen LogP contribution in [-0.4, -0.2) is 24.2 Å². The molecule has 0 saturated heterocycles. The largest absolute Gasteiger partial charge is 0.273 e. The van der Waals surface area contributed by atoms with Crippen molar-refractivity contribution in [2.75, 3.05) is 0 Å². The molecule has 2 amide bonds. The Balaban J connectivity index is 1.47. The predicted octanol–water partition coefficient (Wildman–Crippen LogP) is 7.02. The zero-order chi connectivity index (χ0) is 24.8. The van der Waals surface area contributed by atoms with Gasteiger partial charge in [-0.15, -0.1) is 0 Å². The summed E-state index contributed by atoms with van der Waals surface area (Å²) in [4.78, 5) is 23.7. The number of nitrogens with zero attached hydrogens (tertiary/aromatic N) is 2. The Hall–Kier alpha value is -2.12. The lowest BCUT2D eigenvalue weighted by atomic mass is 10.1. The van der Waals surface area contributed by atoms with Crippen LogP contribution in [0.25, 0.3) is 0 Å². The van der Waals surface area contributed by atoms with Gasteiger partial charge in [-0.25, -0.2) is 10.9 Å². The highest BCUT2D eigenvalue weighted by Gasteiger charge is 2.02. The second kappa shape index (κ2) is 15.7. The van der Waals surface area contributed by atoms with Gasteiger partial charge in [0.05, 0.1) is 32.5 Å². The summed E-state index contributed by atoms with van der Waals surface area (Å²) in [5, 5.41) is 9.67. The minimum absolute atomic E-state index is 0.130. The number of amides is 2. The van der Waals surface area contributed by atoms with Crippen LogP contribution in [0.2, 0.25) is 20.1 Å². The monoisotopic (exact) mass is 542 g/mol. The quantitative estimate of drug-likeness (QED) is 0.161. The van der Waals surface area contributed by atoms with Gasteiger partial charge in [0.25, 0.3) is 0 Å². The summed E-state index contributed by atoms with van der Waals surface area (Å²) in [5.74, 6) is -0.260. The molecule has 0 atom stereocenters. The standard InChI is InChI=1S/C24H26Cl4N4O2/c25-19-11-9-17(13-21(19)27)15-29-31-23(33)7-5-3-1-2-4-6-8-24(34)32-30-16-18-10-12-20(26)22(28)14-18/h9-16H,1-8H2,(H,31,33)(H,32,34)/b29-15-,30-16+. The molecule has 34 heavy (non-hydrogen) atoms. The van der Waals surface area contributed by atoms with Crippen LogP contribution in [0, 0.1) is 0 Å². The van der Waals surface area contributed by atoms with Crippen LogP contribution in [0.15, 0.2) is 46.6 Å². The Labute approximate surface area is 219 Å². The van der Waals surface area contributed by atoms with Gasteiger partial charge in [-0.2, -0.15) is 10.2 Å². The van der Waals surface area contributed by atoms with E-state index in [1.807, 2.05) is 0 Å². The molecule has 182 valence electrons. The molecule has 2 aromatic carbocycles. The topological polar surface area (TPSA) is 82.9 Å². The lowest BCUT2D eigenvalue weighted by Gasteiger charge is -2.03. The van der Waals surface area contributed by atoms with Crippen molar-refractivity contribution in [2.45, 2.75) is 51.4 Å². The molecular weight excluding hydrogens is 518 g/mol. The Bertz CT molecular complexity index is 947. The highest BCUT2D eigenvalue weighted by molar-refractivity contribution is 6.42. The lowest BCUT2D eigenvalue weighted by Crippen LogP contribution is -2.17. The van der Waals surface area contributed by atoms with E-state index >= 15 is 0 Å². The molecule has 0 heterocycles. The first-order valence-electron chi connectivity index (χ1n) is 10.9. The Morgan fingerprint density at radius 3 is 1.38 bits per heavy atom. The minimum Gasteiger partial charge on any atom is -0.273 e. The van der Waals surface area contributed by atoms with E-state index in [1.54, 1.807) is 36.4 Å². The number of carbonyl (C=O) groups excluding carboxylic acids is 2. The van der Waals surface area contributed by atoms with Crippen molar-refractivity contribution in [3.05, 3.63) is 67.6 Å². The zero-order valence-corrected chi connectivity index (χ0v) is 21.5. The molecule has 0 radical (unpaired) electrons. The summed E-state index contributed by atoms with van der Waals surface area (Å²) in [5.41, 5.74) is 6.52. The number of hydrogen-bond donors (Lipinski definition) is 2. The van der Waals surface area contributed by atoms with Crippen LogP contribution in [0.4, 0.5) is 0 Å². The van der Waals surface area contributed by atoms with Crippen LogP contribution in [0.3, 0.4) is 0 Å². The molecule has 0 bridgehead atoms. The average molecular weight is 544 g/mol. The second-order valence-corrected chi connectivity index (χ2v) is 9.18. The van der Waals surface area contributed by atoms with E-state index in [4.69, 9.17) is 46.4 Å². The zero-order valence-electron chi connectivity index (χ0n) is 18.5. The van der Waals surface area contributed by atoms with E-state index < -0.39 is 0 Å². The highest BCUT2D eigenvalue weighted by atomic mass is 35.5. The third-order valence-corrected chi connectivity index (χ3v) is 6.23. The van der Waals surface area contributed by atoms with Crippen LogP contribution in [-0.2, 0) is 9.59 Å². The first-order valence-corrected chi connectivity index (χ1v) is 12.4. The SMILES string of the molecule is O=C(CCCCCCCCC(=O)N/N=C/c1ccc(Cl)c(Cl)c1)N/N=C\c1ccc(Cl)c(Cl)c1. The van der Waals surface area contributed by atoms with Crippen LogP contribution < -0.4 is 10.9 Å². The van der Waals surface area contributed by atoms with Crippen molar-refractivity contribution in [2.24, 2.45) is 10.2 Å². The third-order valence-electron chi connectivity index (χ3n) is 4.75. The second-order valence-electron chi connectivity index (χ2n) is 7.55. The smallest absolute Gasteiger partial charge is 0.240 e. The van der Waals surface area contributed by atoms with Crippen LogP contribution >= 0.6 is 46.4 Å². The van der Waals surface area contributed by atoms with Gasteiger partial charge in [0.2, 0.25) is 11.8 Å². The number of hydrogen-bond acceptors (Lipinski definition) is 4. The summed E-state index contributed by atoms with van der Waals surface area (Å²) in [7, 11) is 0. The number of benzene rings is 2. The van der Waals surface area contributed by atoms with Crippen molar-refractivity contribution in [1.82, 2.24) is 10.9 Å². The maximum atomic E-state index is 11.8. The first-order chi connectivity index (χ1) is 16.3. The number of rotatable bonds is 13. The van der Waals surface area contributed by atoms with Crippen molar-refractivity contribution >= 4 is 70.6 Å². The number of carbonyl (C=O) groups is 2. The summed E-state index contributed by atoms with van der Waals surface area (Å²) in [6.45, 7) is 0. The molecule has 0 aliphatic rings. The van der Waals surface area contributed by atoms with Crippen LogP contribution in [0.5, 0.6) is 0 Å². The van der Waals surface area contributed by atoms with Crippen LogP contribution in [0.1, 0.15) is 62.5 Å². The Kier molecular flexibility index (Phi) is 13.0. The summed E-state index contributed by atoms with van der Waals surface area (Å²) >= 11 is 23.6. The van der Waals surface area contributed by atoms with E-state index in [-0.39, 0.29) is 11.8 Å². The molecule has 6 nitrogen and oxygen atoms in total. The van der Waals surface area contributed by atoms with Gasteiger partial charge in [0.15, 0.2) is 0 Å². The van der Waals surface area contributed by atoms with Crippen molar-refractivity contribution in [1.29, 1.82) is 0 Å². The fourth-order valence-electron chi connectivity index (χ4n) is 2.93. The van der Waals surface area contributed by atoms with E-state index in [9.17, 15) is 9.59 Å². The molecule has 0 unspecified atom stereocenters. The van der Waals surface area contributed by atoms with Gasteiger partial charge in [-0.1, -0.05) is 84.2 Å². The predicted molar refractivity (Wildman–Crippen MR) is 141 cm³/mol. The van der Waals surface area contributed by atoms with Gasteiger partial charge in [-0.3, -0.25) is 9.59 Å². The van der Waals surface area contributed by atoms with Gasteiger partial charge in [0, 0.05) is 12.8 Å². The summed E-state index contributed by atoms with van der Waals surface area (Å²) < 4.78 is 0. The Morgan fingerprint density at radius 2 is 1.00 bits per heavy atom. The van der Waals surface area contributed by atoms with E-state index in [1.165, 1.54) is 12.4 Å². The highest BCUT2D eigenvalue weighted by Crippen LogP contribution is 2.22. The molecule has 2 aromatic rings. The van der Waals surface area contributed by atoms with E-state index in [0.717, 1.165) is 49.7 Å². The first kappa shape index (κ1) is 28.1. The minimum atomic E-state index is -0.130. The average Bonchev–Trinajstić information content (AvgIpc) is 2.80. The molecule has 0 spiro atoms. The third kappa shape index (κ3) is 11.3. The molecule has 2 N–H and O–H groups in total. The van der Waals surface area contributed by atoms with Crippen molar-refractivity contribution < 1.29 is 9.59 Å². The molecule has 0 aliphatic carbocycles. The molecule has 2 rings (SSSR count). The number of hydrazone groups is 2. The molecule has 0 saturated carbocycles. The van der Waals surface area contributed by atoms with Crippen molar-refractivity contribution in [3.63, 3.8) is 0 Å². The molecule has 0 aliphatic heterocycles. The molecule has 0 aromatic heterocycles. The van der Waals surface area contributed by atoms with E-state index in [0.29, 0.717) is 32.9 Å². The number of nitrogens with one attached hydrogen (secondary N) is 2. The molecule has 0 fully saturated rings. The maximum absolute atomic E-state index is 11.8. The summed E-state index contributed by atoms with van der Waals surface area (Å²) in [6.07, 6.45) is 9.37. The van der Waals surface area contributed by atoms with Gasteiger partial charge >= 0.3 is 0 Å². The summed E-state index contributed by atoms with van der Waals surface area (Å²) in [6, 6.07) is 10.2. The number of unbranched alkanes of at least 4 members (excludes halogenated alkanes) is 5. The normalized spacial score (nSPS) is 11.3. The van der Waals surface area contributed by atoms with Crippen molar-refractivity contribution in [3.8, 4) is 0 Å². The Morgan fingerprint density at radius 1 is 0.618 bits per heavy atom. The van der Waals surface area contributed by atoms with Gasteiger partial charge in [0.1, 0.15) is 0 Å². The van der Waals surface area contributed by atoms with Gasteiger partial charge < -0.3 is 0 Å². The maximum Gasteiger partial charge on any atom is 0.240 e. The number of halogens is 4. The molecule has 10 heteroatoms. The fraction of sp³-hybridized carbons (Fsp3) is 0.333. The molecular formula is C24H26Cl4N4O2. The lowest BCUT2D eigenvalue weighted by molar-refractivity contribution is -0.122. The van der Waals surface area contributed by atoms with E-state index in [2.05, 4.69) is 21.1 Å². The van der Waals surface area contributed by atoms with Gasteiger partial charge in [-0.05, 0) is 48.2 Å².